The van der Waals surface area contributed by atoms with Crippen molar-refractivity contribution in [2.24, 2.45) is 0 Å². The molecule has 1 aliphatic rings. The van der Waals surface area contributed by atoms with Crippen molar-refractivity contribution in [3.05, 3.63) is 58.2 Å². The maximum Gasteiger partial charge on any atom is 0.245 e. The van der Waals surface area contributed by atoms with Crippen molar-refractivity contribution in [2.75, 3.05) is 11.9 Å². The number of amides is 1. The Morgan fingerprint density at radius 1 is 1.42 bits per heavy atom. The first-order valence-corrected chi connectivity index (χ1v) is 8.11. The first kappa shape index (κ1) is 16.3. The van der Waals surface area contributed by atoms with E-state index in [1.807, 2.05) is 42.2 Å². The van der Waals surface area contributed by atoms with Crippen LogP contribution in [0.15, 0.2) is 36.5 Å². The number of hydrogen-bond donors (Lipinski definition) is 1. The molecule has 0 bridgehead atoms. The number of carbonyl (C=O) groups is 1. The Balaban J connectivity index is 1.66. The second-order valence-electron chi connectivity index (χ2n) is 5.90. The molecule has 1 fully saturated rings. The summed E-state index contributed by atoms with van der Waals surface area (Å²) in [5, 5.41) is 12.3. The van der Waals surface area contributed by atoms with Gasteiger partial charge in [0.15, 0.2) is 0 Å². The van der Waals surface area contributed by atoms with Crippen LogP contribution >= 0.6 is 11.6 Å². The van der Waals surface area contributed by atoms with Gasteiger partial charge in [0.1, 0.15) is 17.9 Å². The fourth-order valence-electron chi connectivity index (χ4n) is 2.71. The van der Waals surface area contributed by atoms with Crippen LogP contribution in [0, 0.1) is 18.3 Å². The lowest BCUT2D eigenvalue weighted by molar-refractivity contribution is -0.128. The number of nitriles is 1. The average Bonchev–Trinajstić information content (AvgIpc) is 2.92. The van der Waals surface area contributed by atoms with Crippen molar-refractivity contribution >= 4 is 23.3 Å². The second-order valence-corrected chi connectivity index (χ2v) is 6.30. The van der Waals surface area contributed by atoms with E-state index in [1.165, 1.54) is 11.8 Å². The summed E-state index contributed by atoms with van der Waals surface area (Å²) in [6, 6.07) is 11.4. The van der Waals surface area contributed by atoms with E-state index in [0.717, 1.165) is 5.56 Å². The number of aryl methyl sites for hydroxylation is 1. The molecule has 0 saturated carbocycles. The molecule has 1 atom stereocenters. The topological polar surface area (TPSA) is 69.0 Å². The predicted molar refractivity (Wildman–Crippen MR) is 92.6 cm³/mol. The van der Waals surface area contributed by atoms with Crippen LogP contribution in [0.3, 0.4) is 0 Å². The molecule has 0 aliphatic carbocycles. The van der Waals surface area contributed by atoms with E-state index in [-0.39, 0.29) is 11.9 Å². The lowest BCUT2D eigenvalue weighted by atomic mass is 10.1. The number of halogens is 1. The van der Waals surface area contributed by atoms with E-state index in [1.54, 1.807) is 6.07 Å². The largest absolute Gasteiger partial charge is 0.357 e. The molecule has 122 valence electrons. The van der Waals surface area contributed by atoms with Gasteiger partial charge in [0.25, 0.3) is 0 Å². The summed E-state index contributed by atoms with van der Waals surface area (Å²) in [6.45, 7) is 3.34. The van der Waals surface area contributed by atoms with Crippen molar-refractivity contribution < 1.29 is 4.79 Å². The number of likely N-dealkylation sites (tertiary alicyclic amines) is 1. The van der Waals surface area contributed by atoms with Gasteiger partial charge in [-0.1, -0.05) is 41.4 Å². The van der Waals surface area contributed by atoms with E-state index in [4.69, 9.17) is 16.9 Å². The summed E-state index contributed by atoms with van der Waals surface area (Å²) >= 11 is 6.11. The molecule has 5 nitrogen and oxygen atoms in total. The summed E-state index contributed by atoms with van der Waals surface area (Å²) in [5.41, 5.74) is 2.71. The minimum Gasteiger partial charge on any atom is -0.357 e. The Morgan fingerprint density at radius 3 is 2.83 bits per heavy atom. The third-order valence-corrected chi connectivity index (χ3v) is 4.36. The van der Waals surface area contributed by atoms with Crippen molar-refractivity contribution in [3.8, 4) is 6.07 Å². The number of rotatable bonds is 4. The molecular weight excluding hydrogens is 324 g/mol. The summed E-state index contributed by atoms with van der Waals surface area (Å²) < 4.78 is 0. The lowest BCUT2D eigenvalue weighted by Gasteiger charge is -2.18. The Labute approximate surface area is 145 Å². The van der Waals surface area contributed by atoms with Gasteiger partial charge in [0.2, 0.25) is 5.91 Å². The summed E-state index contributed by atoms with van der Waals surface area (Å²) in [6.07, 6.45) is 2.14. The van der Waals surface area contributed by atoms with Gasteiger partial charge in [0.05, 0.1) is 10.6 Å². The standard InChI is InChI=1S/C18H17ClN4O/c1-12-2-4-13(5-3-12)11-23-7-6-16(18(23)24)22-17-15(19)8-14(9-20)10-21-17/h2-5,8,10,16H,6-7,11H2,1H3,(H,21,22). The maximum absolute atomic E-state index is 12.6. The van der Waals surface area contributed by atoms with Crippen LogP contribution in [0.2, 0.25) is 5.02 Å². The fraction of sp³-hybridized carbons (Fsp3) is 0.278. The van der Waals surface area contributed by atoms with E-state index < -0.39 is 0 Å². The summed E-state index contributed by atoms with van der Waals surface area (Å²) in [4.78, 5) is 18.5. The number of nitrogens with zero attached hydrogens (tertiary/aromatic N) is 3. The van der Waals surface area contributed by atoms with Gasteiger partial charge in [-0.3, -0.25) is 4.79 Å². The van der Waals surface area contributed by atoms with Crippen LogP contribution in [0.4, 0.5) is 5.82 Å². The van der Waals surface area contributed by atoms with Crippen LogP contribution in [0.25, 0.3) is 0 Å². The number of pyridine rings is 1. The molecule has 3 rings (SSSR count). The minimum absolute atomic E-state index is 0.0396. The van der Waals surface area contributed by atoms with Crippen molar-refractivity contribution in [3.63, 3.8) is 0 Å². The average molecular weight is 341 g/mol. The highest BCUT2D eigenvalue weighted by molar-refractivity contribution is 6.33. The first-order valence-electron chi connectivity index (χ1n) is 7.73. The van der Waals surface area contributed by atoms with Gasteiger partial charge in [-0.05, 0) is 25.0 Å². The maximum atomic E-state index is 12.6. The molecule has 1 N–H and O–H groups in total. The highest BCUT2D eigenvalue weighted by Crippen LogP contribution is 2.24. The number of nitrogens with one attached hydrogen (secondary N) is 1. The van der Waals surface area contributed by atoms with Crippen molar-refractivity contribution in [1.29, 1.82) is 5.26 Å². The Kier molecular flexibility index (Phi) is 4.68. The zero-order valence-corrected chi connectivity index (χ0v) is 14.0. The Hall–Kier alpha value is -2.58. The van der Waals surface area contributed by atoms with Crippen molar-refractivity contribution in [2.45, 2.75) is 25.9 Å². The highest BCUT2D eigenvalue weighted by atomic mass is 35.5. The van der Waals surface area contributed by atoms with Crippen molar-refractivity contribution in [1.82, 2.24) is 9.88 Å². The quantitative estimate of drug-likeness (QED) is 0.928. The van der Waals surface area contributed by atoms with E-state index in [0.29, 0.717) is 35.9 Å². The van der Waals surface area contributed by atoms with Gasteiger partial charge in [-0.25, -0.2) is 4.98 Å². The van der Waals surface area contributed by atoms with Gasteiger partial charge in [0, 0.05) is 19.3 Å². The highest BCUT2D eigenvalue weighted by Gasteiger charge is 2.32. The molecule has 1 aliphatic heterocycles. The molecule has 24 heavy (non-hydrogen) atoms. The molecular formula is C18H17ClN4O. The third-order valence-electron chi connectivity index (χ3n) is 4.07. The van der Waals surface area contributed by atoms with E-state index >= 15 is 0 Å². The van der Waals surface area contributed by atoms with Crippen LogP contribution < -0.4 is 5.32 Å². The van der Waals surface area contributed by atoms with E-state index in [9.17, 15) is 4.79 Å². The molecule has 1 aromatic heterocycles. The zero-order chi connectivity index (χ0) is 17.1. The molecule has 2 aromatic rings. The Morgan fingerprint density at radius 2 is 2.17 bits per heavy atom. The summed E-state index contributed by atoms with van der Waals surface area (Å²) in [5.74, 6) is 0.476. The monoisotopic (exact) mass is 340 g/mol. The van der Waals surface area contributed by atoms with Crippen LogP contribution in [0.1, 0.15) is 23.1 Å². The number of hydrogen-bond acceptors (Lipinski definition) is 4. The molecule has 1 unspecified atom stereocenters. The fourth-order valence-corrected chi connectivity index (χ4v) is 2.93. The molecule has 1 saturated heterocycles. The number of carbonyl (C=O) groups excluding carboxylic acids is 1. The molecule has 0 radical (unpaired) electrons. The SMILES string of the molecule is Cc1ccc(CN2CCC(Nc3ncc(C#N)cc3Cl)C2=O)cc1. The molecule has 6 heteroatoms. The predicted octanol–water partition coefficient (Wildman–Crippen LogP) is 3.13. The smallest absolute Gasteiger partial charge is 0.245 e. The van der Waals surface area contributed by atoms with Gasteiger partial charge in [-0.15, -0.1) is 0 Å². The third kappa shape index (κ3) is 3.50. The van der Waals surface area contributed by atoms with Crippen LogP contribution in [-0.2, 0) is 11.3 Å². The van der Waals surface area contributed by atoms with Gasteiger partial charge >= 0.3 is 0 Å². The normalized spacial score (nSPS) is 17.0. The zero-order valence-electron chi connectivity index (χ0n) is 13.3. The van der Waals surface area contributed by atoms with E-state index in [2.05, 4.69) is 10.3 Å². The lowest BCUT2D eigenvalue weighted by Crippen LogP contribution is -2.33. The molecule has 1 aromatic carbocycles. The van der Waals surface area contributed by atoms with Gasteiger partial charge in [-0.2, -0.15) is 5.26 Å². The Bertz CT molecular complexity index is 798. The van der Waals surface area contributed by atoms with Gasteiger partial charge < -0.3 is 10.2 Å². The molecule has 1 amide bonds. The minimum atomic E-state index is -0.339. The second kappa shape index (κ2) is 6.90. The number of aromatic nitrogens is 1. The van der Waals surface area contributed by atoms with Crippen LogP contribution in [-0.4, -0.2) is 28.4 Å². The number of benzene rings is 1. The molecule has 0 spiro atoms. The number of anilines is 1. The first-order chi connectivity index (χ1) is 11.6. The summed E-state index contributed by atoms with van der Waals surface area (Å²) in [7, 11) is 0. The van der Waals surface area contributed by atoms with Crippen LogP contribution in [0.5, 0.6) is 0 Å². The molecule has 2 heterocycles.